The molecule has 0 unspecified atom stereocenters. The number of aromatic nitrogens is 3. The standard InChI is InChI=1S/C15H17N3S/c1-9(2)14-17-18-8-13(16-15(18)19-14)12-6-5-10(3)7-11(12)4/h5-9H,1-4H3. The normalized spacial score (nSPS) is 11.6. The van der Waals surface area contributed by atoms with Crippen LogP contribution in [0.1, 0.15) is 35.9 Å². The summed E-state index contributed by atoms with van der Waals surface area (Å²) in [5.74, 6) is 0.455. The second-order valence-corrected chi connectivity index (χ2v) is 6.25. The van der Waals surface area contributed by atoms with Crippen molar-refractivity contribution in [3.63, 3.8) is 0 Å². The van der Waals surface area contributed by atoms with Crippen LogP contribution in [0.5, 0.6) is 0 Å². The SMILES string of the molecule is Cc1ccc(-c2cn3nc(C(C)C)sc3n2)c(C)c1. The Hall–Kier alpha value is -1.68. The zero-order valence-corrected chi connectivity index (χ0v) is 12.5. The molecule has 2 heterocycles. The second-order valence-electron chi connectivity index (χ2n) is 5.27. The molecule has 1 aromatic carbocycles. The van der Waals surface area contributed by atoms with E-state index in [9.17, 15) is 0 Å². The van der Waals surface area contributed by atoms with Crippen molar-refractivity contribution in [2.75, 3.05) is 0 Å². The van der Waals surface area contributed by atoms with Crippen LogP contribution in [0, 0.1) is 13.8 Å². The zero-order valence-electron chi connectivity index (χ0n) is 11.6. The Kier molecular flexibility index (Phi) is 2.90. The fourth-order valence-corrected chi connectivity index (χ4v) is 3.06. The van der Waals surface area contributed by atoms with E-state index in [1.165, 1.54) is 16.7 Å². The van der Waals surface area contributed by atoms with Gasteiger partial charge in [-0.05, 0) is 19.4 Å². The van der Waals surface area contributed by atoms with Crippen molar-refractivity contribution < 1.29 is 0 Å². The molecule has 19 heavy (non-hydrogen) atoms. The molecule has 4 heteroatoms. The van der Waals surface area contributed by atoms with Gasteiger partial charge in [0.2, 0.25) is 4.96 Å². The maximum Gasteiger partial charge on any atom is 0.212 e. The average molecular weight is 271 g/mol. The van der Waals surface area contributed by atoms with E-state index in [0.717, 1.165) is 15.7 Å². The van der Waals surface area contributed by atoms with Crippen LogP contribution in [-0.4, -0.2) is 14.6 Å². The molecule has 0 fully saturated rings. The first-order valence-electron chi connectivity index (χ1n) is 6.48. The van der Waals surface area contributed by atoms with Crippen LogP contribution in [0.15, 0.2) is 24.4 Å². The summed E-state index contributed by atoms with van der Waals surface area (Å²) in [6, 6.07) is 6.46. The summed E-state index contributed by atoms with van der Waals surface area (Å²) in [7, 11) is 0. The van der Waals surface area contributed by atoms with E-state index in [1.54, 1.807) is 11.3 Å². The first-order valence-corrected chi connectivity index (χ1v) is 7.30. The molecule has 0 aliphatic heterocycles. The van der Waals surface area contributed by atoms with Crippen LogP contribution >= 0.6 is 11.3 Å². The predicted octanol–water partition coefficient (Wildman–Crippen LogP) is 4.20. The third-order valence-electron chi connectivity index (χ3n) is 3.21. The first kappa shape index (κ1) is 12.4. The minimum Gasteiger partial charge on any atom is -0.217 e. The van der Waals surface area contributed by atoms with Gasteiger partial charge in [0.05, 0.1) is 11.9 Å². The highest BCUT2D eigenvalue weighted by Gasteiger charge is 2.12. The van der Waals surface area contributed by atoms with Gasteiger partial charge in [0.15, 0.2) is 0 Å². The molecule has 3 aromatic rings. The van der Waals surface area contributed by atoms with Gasteiger partial charge in [-0.25, -0.2) is 9.50 Å². The van der Waals surface area contributed by atoms with E-state index in [-0.39, 0.29) is 0 Å². The Labute approximate surface area is 116 Å². The average Bonchev–Trinajstić information content (AvgIpc) is 2.86. The van der Waals surface area contributed by atoms with Crippen molar-refractivity contribution in [1.29, 1.82) is 0 Å². The van der Waals surface area contributed by atoms with E-state index in [4.69, 9.17) is 4.98 Å². The summed E-state index contributed by atoms with van der Waals surface area (Å²) in [5, 5.41) is 5.71. The molecule has 0 aliphatic rings. The van der Waals surface area contributed by atoms with Gasteiger partial charge in [-0.1, -0.05) is 48.9 Å². The number of aryl methyl sites for hydroxylation is 2. The van der Waals surface area contributed by atoms with Gasteiger partial charge in [-0.15, -0.1) is 0 Å². The lowest BCUT2D eigenvalue weighted by Gasteiger charge is -2.03. The number of fused-ring (bicyclic) bond motifs is 1. The molecule has 3 rings (SSSR count). The van der Waals surface area contributed by atoms with Crippen LogP contribution in [0.25, 0.3) is 16.2 Å². The molecule has 3 nitrogen and oxygen atoms in total. The second kappa shape index (κ2) is 4.46. The van der Waals surface area contributed by atoms with Crippen LogP contribution in [0.4, 0.5) is 0 Å². The molecule has 0 atom stereocenters. The highest BCUT2D eigenvalue weighted by atomic mass is 32.1. The third kappa shape index (κ3) is 2.16. The molecule has 0 radical (unpaired) electrons. The molecule has 0 spiro atoms. The Balaban J connectivity index is 2.08. The fourth-order valence-electron chi connectivity index (χ4n) is 2.18. The monoisotopic (exact) mass is 271 g/mol. The van der Waals surface area contributed by atoms with Crippen LogP contribution in [0.2, 0.25) is 0 Å². The summed E-state index contributed by atoms with van der Waals surface area (Å²) >= 11 is 1.67. The molecule has 0 N–H and O–H groups in total. The van der Waals surface area contributed by atoms with Crippen molar-refractivity contribution in [3.05, 3.63) is 40.5 Å². The Morgan fingerprint density at radius 3 is 2.63 bits per heavy atom. The van der Waals surface area contributed by atoms with Crippen molar-refractivity contribution in [2.24, 2.45) is 0 Å². The zero-order chi connectivity index (χ0) is 13.6. The number of hydrogen-bond acceptors (Lipinski definition) is 3. The molecule has 0 aliphatic carbocycles. The largest absolute Gasteiger partial charge is 0.217 e. The molecule has 0 saturated carbocycles. The quantitative estimate of drug-likeness (QED) is 0.699. The van der Waals surface area contributed by atoms with Crippen LogP contribution in [-0.2, 0) is 0 Å². The number of benzene rings is 1. The van der Waals surface area contributed by atoms with Gasteiger partial charge < -0.3 is 0 Å². The van der Waals surface area contributed by atoms with Crippen molar-refractivity contribution >= 4 is 16.3 Å². The van der Waals surface area contributed by atoms with Crippen molar-refractivity contribution in [3.8, 4) is 11.3 Å². The lowest BCUT2D eigenvalue weighted by Crippen LogP contribution is -1.88. The van der Waals surface area contributed by atoms with E-state index in [2.05, 4.69) is 51.0 Å². The smallest absolute Gasteiger partial charge is 0.212 e. The van der Waals surface area contributed by atoms with E-state index >= 15 is 0 Å². The summed E-state index contributed by atoms with van der Waals surface area (Å²) in [4.78, 5) is 5.67. The van der Waals surface area contributed by atoms with Crippen LogP contribution in [0.3, 0.4) is 0 Å². The van der Waals surface area contributed by atoms with Gasteiger partial charge in [-0.2, -0.15) is 5.10 Å². The lowest BCUT2D eigenvalue weighted by atomic mass is 10.0. The Bertz CT molecular complexity index is 706. The molecule has 0 amide bonds. The number of nitrogens with zero attached hydrogens (tertiary/aromatic N) is 3. The summed E-state index contributed by atoms with van der Waals surface area (Å²) < 4.78 is 1.90. The molecule has 98 valence electrons. The highest BCUT2D eigenvalue weighted by molar-refractivity contribution is 7.16. The topological polar surface area (TPSA) is 30.2 Å². The fraction of sp³-hybridized carbons (Fsp3) is 0.333. The molecule has 0 bridgehead atoms. The molecule has 0 saturated heterocycles. The van der Waals surface area contributed by atoms with Gasteiger partial charge >= 0.3 is 0 Å². The molecular formula is C15H17N3S. The molecule has 2 aromatic heterocycles. The van der Waals surface area contributed by atoms with E-state index in [1.807, 2.05) is 10.7 Å². The summed E-state index contributed by atoms with van der Waals surface area (Å²) in [6.07, 6.45) is 2.02. The molecular weight excluding hydrogens is 254 g/mol. The van der Waals surface area contributed by atoms with E-state index < -0.39 is 0 Å². The van der Waals surface area contributed by atoms with Crippen molar-refractivity contribution in [1.82, 2.24) is 14.6 Å². The first-order chi connectivity index (χ1) is 9.04. The Morgan fingerprint density at radius 1 is 1.21 bits per heavy atom. The highest BCUT2D eigenvalue weighted by Crippen LogP contribution is 2.27. The summed E-state index contributed by atoms with van der Waals surface area (Å²) in [5.41, 5.74) is 4.73. The number of rotatable bonds is 2. The maximum atomic E-state index is 4.70. The third-order valence-corrected chi connectivity index (χ3v) is 4.43. The van der Waals surface area contributed by atoms with Gasteiger partial charge in [0, 0.05) is 11.5 Å². The number of imidazole rings is 1. The predicted molar refractivity (Wildman–Crippen MR) is 79.9 cm³/mol. The minimum atomic E-state index is 0.455. The maximum absolute atomic E-state index is 4.70. The van der Waals surface area contributed by atoms with Crippen LogP contribution < -0.4 is 0 Å². The van der Waals surface area contributed by atoms with Gasteiger partial charge in [0.25, 0.3) is 0 Å². The Morgan fingerprint density at radius 2 is 2.00 bits per heavy atom. The van der Waals surface area contributed by atoms with E-state index in [0.29, 0.717) is 5.92 Å². The number of hydrogen-bond donors (Lipinski definition) is 0. The van der Waals surface area contributed by atoms with Gasteiger partial charge in [0.1, 0.15) is 5.01 Å². The lowest BCUT2D eigenvalue weighted by molar-refractivity contribution is 0.802. The van der Waals surface area contributed by atoms with Gasteiger partial charge in [-0.3, -0.25) is 0 Å². The van der Waals surface area contributed by atoms with Crippen molar-refractivity contribution in [2.45, 2.75) is 33.6 Å². The summed E-state index contributed by atoms with van der Waals surface area (Å²) in [6.45, 7) is 8.55. The minimum absolute atomic E-state index is 0.455.